The van der Waals surface area contributed by atoms with E-state index in [0.29, 0.717) is 30.3 Å². The third kappa shape index (κ3) is 4.36. The molecule has 0 spiro atoms. The Labute approximate surface area is 206 Å². The van der Waals surface area contributed by atoms with E-state index in [1.54, 1.807) is 48.5 Å². The van der Waals surface area contributed by atoms with Gasteiger partial charge in [-0.1, -0.05) is 17.7 Å². The Morgan fingerprint density at radius 2 is 1.75 bits per heavy atom. The number of rotatable bonds is 4. The average molecular weight is 486 g/mol. The van der Waals surface area contributed by atoms with Gasteiger partial charge in [0.25, 0.3) is 17.7 Å². The van der Waals surface area contributed by atoms with E-state index in [1.165, 1.54) is 18.5 Å². The predicted octanol–water partition coefficient (Wildman–Crippen LogP) is 2.28. The highest BCUT2D eigenvalue weighted by Gasteiger charge is 2.46. The molecule has 1 unspecified atom stereocenters. The van der Waals surface area contributed by atoms with Gasteiger partial charge in [0, 0.05) is 24.0 Å². The summed E-state index contributed by atoms with van der Waals surface area (Å²) in [4.78, 5) is 57.8. The van der Waals surface area contributed by atoms with E-state index in [9.17, 15) is 19.2 Å². The Morgan fingerprint density at radius 1 is 1.00 bits per heavy atom. The lowest BCUT2D eigenvalue weighted by Gasteiger charge is -2.28. The van der Waals surface area contributed by atoms with Gasteiger partial charge in [-0.15, -0.1) is 0 Å². The van der Waals surface area contributed by atoms with Gasteiger partial charge in [-0.2, -0.15) is 0 Å². The van der Waals surface area contributed by atoms with Crippen molar-refractivity contribution in [2.24, 2.45) is 0 Å². The van der Waals surface area contributed by atoms with Crippen molar-refractivity contribution in [3.63, 3.8) is 0 Å². The Hall–Kier alpha value is -4.73. The van der Waals surface area contributed by atoms with Crippen LogP contribution in [-0.4, -0.2) is 52.9 Å². The van der Waals surface area contributed by atoms with Gasteiger partial charge in [-0.3, -0.25) is 29.6 Å². The monoisotopic (exact) mass is 486 g/mol. The summed E-state index contributed by atoms with van der Waals surface area (Å²) in [7, 11) is 0. The third-order valence-electron chi connectivity index (χ3n) is 5.88. The molecule has 1 saturated heterocycles. The number of nitrogens with zero attached hydrogens (tertiary/aromatic N) is 3. The molecule has 182 valence electrons. The zero-order valence-electron chi connectivity index (χ0n) is 19.3. The molecule has 1 fully saturated rings. The molecule has 2 aliphatic rings. The van der Waals surface area contributed by atoms with Gasteiger partial charge in [0.15, 0.2) is 11.5 Å². The SMILES string of the molecule is Cc1ccc(C(=O)NN(C(=O)c2cccnc2)C2CC(=O)N(c3ccc4c(c3)OCCO4)C2=O)cc1. The number of aromatic nitrogens is 1. The number of hydrogen-bond acceptors (Lipinski definition) is 7. The van der Waals surface area contributed by atoms with Gasteiger partial charge in [0.05, 0.1) is 17.7 Å². The Bertz CT molecular complexity index is 1340. The molecule has 4 amide bonds. The second-order valence-corrected chi connectivity index (χ2v) is 8.34. The van der Waals surface area contributed by atoms with E-state index >= 15 is 0 Å². The van der Waals surface area contributed by atoms with Gasteiger partial charge in [0.2, 0.25) is 5.91 Å². The van der Waals surface area contributed by atoms with Crippen LogP contribution in [0.5, 0.6) is 11.5 Å². The van der Waals surface area contributed by atoms with Crippen LogP contribution < -0.4 is 19.8 Å². The van der Waals surface area contributed by atoms with E-state index in [0.717, 1.165) is 15.5 Å². The molecule has 10 nitrogen and oxygen atoms in total. The molecule has 0 radical (unpaired) electrons. The Morgan fingerprint density at radius 3 is 2.47 bits per heavy atom. The van der Waals surface area contributed by atoms with Crippen molar-refractivity contribution in [2.75, 3.05) is 18.1 Å². The number of hydrogen-bond donors (Lipinski definition) is 1. The number of imide groups is 1. The molecule has 0 aliphatic carbocycles. The fraction of sp³-hybridized carbons (Fsp3) is 0.192. The number of carbonyl (C=O) groups excluding carboxylic acids is 4. The fourth-order valence-electron chi connectivity index (χ4n) is 4.04. The first-order valence-electron chi connectivity index (χ1n) is 11.3. The number of ether oxygens (including phenoxy) is 2. The van der Waals surface area contributed by atoms with Crippen LogP contribution in [0.3, 0.4) is 0 Å². The van der Waals surface area contributed by atoms with Crippen LogP contribution >= 0.6 is 0 Å². The van der Waals surface area contributed by atoms with Crippen molar-refractivity contribution in [1.29, 1.82) is 0 Å². The number of aryl methyl sites for hydroxylation is 1. The summed E-state index contributed by atoms with van der Waals surface area (Å²) in [6.45, 7) is 2.64. The summed E-state index contributed by atoms with van der Waals surface area (Å²) in [5.41, 5.74) is 4.23. The van der Waals surface area contributed by atoms with Crippen molar-refractivity contribution in [3.8, 4) is 11.5 Å². The number of fused-ring (bicyclic) bond motifs is 1. The van der Waals surface area contributed by atoms with Gasteiger partial charge < -0.3 is 9.47 Å². The molecule has 1 aromatic heterocycles. The lowest BCUT2D eigenvalue weighted by atomic mass is 10.1. The van der Waals surface area contributed by atoms with Crippen molar-refractivity contribution in [3.05, 3.63) is 83.7 Å². The topological polar surface area (TPSA) is 118 Å². The third-order valence-corrected chi connectivity index (χ3v) is 5.88. The quantitative estimate of drug-likeness (QED) is 0.444. The minimum atomic E-state index is -1.26. The zero-order chi connectivity index (χ0) is 25.2. The minimum absolute atomic E-state index is 0.153. The predicted molar refractivity (Wildman–Crippen MR) is 127 cm³/mol. The first-order valence-corrected chi connectivity index (χ1v) is 11.3. The molecule has 3 aromatic rings. The van der Waals surface area contributed by atoms with Gasteiger partial charge in [-0.05, 0) is 43.3 Å². The molecule has 3 heterocycles. The van der Waals surface area contributed by atoms with Crippen molar-refractivity contribution < 1.29 is 28.7 Å². The number of hydrazine groups is 1. The summed E-state index contributed by atoms with van der Waals surface area (Å²) >= 11 is 0. The molecule has 10 heteroatoms. The largest absolute Gasteiger partial charge is 0.486 e. The molecule has 2 aromatic carbocycles. The Kier molecular flexibility index (Phi) is 6.07. The van der Waals surface area contributed by atoms with Gasteiger partial charge in [0.1, 0.15) is 19.3 Å². The molecular formula is C26H22N4O6. The van der Waals surface area contributed by atoms with Crippen LogP contribution in [0.1, 0.15) is 32.7 Å². The number of amides is 4. The van der Waals surface area contributed by atoms with Crippen LogP contribution in [0.15, 0.2) is 67.0 Å². The number of anilines is 1. The number of pyridine rings is 1. The fourth-order valence-corrected chi connectivity index (χ4v) is 4.04. The first kappa shape index (κ1) is 23.0. The average Bonchev–Trinajstić information content (AvgIpc) is 3.20. The minimum Gasteiger partial charge on any atom is -0.486 e. The smallest absolute Gasteiger partial charge is 0.274 e. The van der Waals surface area contributed by atoms with E-state index in [1.807, 2.05) is 6.92 Å². The first-order chi connectivity index (χ1) is 17.4. The summed E-state index contributed by atoms with van der Waals surface area (Å²) in [6.07, 6.45) is 2.51. The molecule has 5 rings (SSSR count). The normalized spacial score (nSPS) is 16.6. The maximum atomic E-state index is 13.5. The van der Waals surface area contributed by atoms with E-state index in [-0.39, 0.29) is 17.7 Å². The summed E-state index contributed by atoms with van der Waals surface area (Å²) in [5, 5.41) is 0.914. The van der Waals surface area contributed by atoms with Crippen LogP contribution in [0.25, 0.3) is 0 Å². The zero-order valence-corrected chi connectivity index (χ0v) is 19.3. The van der Waals surface area contributed by atoms with E-state index in [2.05, 4.69) is 10.4 Å². The lowest BCUT2D eigenvalue weighted by Crippen LogP contribution is -2.54. The van der Waals surface area contributed by atoms with Gasteiger partial charge >= 0.3 is 0 Å². The number of carbonyl (C=O) groups is 4. The lowest BCUT2D eigenvalue weighted by molar-refractivity contribution is -0.122. The molecule has 0 saturated carbocycles. The molecule has 1 atom stereocenters. The number of benzene rings is 2. The molecule has 2 aliphatic heterocycles. The van der Waals surface area contributed by atoms with Crippen LogP contribution in [0.4, 0.5) is 5.69 Å². The van der Waals surface area contributed by atoms with Crippen LogP contribution in [-0.2, 0) is 9.59 Å². The van der Waals surface area contributed by atoms with E-state index < -0.39 is 29.7 Å². The maximum absolute atomic E-state index is 13.5. The van der Waals surface area contributed by atoms with Crippen molar-refractivity contribution in [1.82, 2.24) is 15.4 Å². The van der Waals surface area contributed by atoms with Crippen molar-refractivity contribution in [2.45, 2.75) is 19.4 Å². The Balaban J connectivity index is 1.46. The number of nitrogens with one attached hydrogen (secondary N) is 1. The highest BCUT2D eigenvalue weighted by Crippen LogP contribution is 2.36. The standard InChI is InChI=1S/C26H22N4O6/c1-16-4-6-17(7-5-16)24(32)28-30(25(33)18-3-2-10-27-15-18)20-14-23(31)29(26(20)34)19-8-9-21-22(13-19)36-12-11-35-21/h2-10,13,15,20H,11-12,14H2,1H3,(H,28,32). The molecule has 0 bridgehead atoms. The second-order valence-electron chi connectivity index (χ2n) is 8.34. The molecule has 1 N–H and O–H groups in total. The highest BCUT2D eigenvalue weighted by molar-refractivity contribution is 6.23. The van der Waals surface area contributed by atoms with Crippen LogP contribution in [0, 0.1) is 6.92 Å². The second kappa shape index (κ2) is 9.49. The summed E-state index contributed by atoms with van der Waals surface area (Å²) < 4.78 is 11.1. The van der Waals surface area contributed by atoms with Crippen molar-refractivity contribution >= 4 is 29.3 Å². The summed E-state index contributed by atoms with van der Waals surface area (Å²) in [6, 6.07) is 13.3. The van der Waals surface area contributed by atoms with Crippen LogP contribution in [0.2, 0.25) is 0 Å². The maximum Gasteiger partial charge on any atom is 0.274 e. The van der Waals surface area contributed by atoms with E-state index in [4.69, 9.17) is 9.47 Å². The van der Waals surface area contributed by atoms with Gasteiger partial charge in [-0.25, -0.2) is 9.91 Å². The molecule has 36 heavy (non-hydrogen) atoms. The highest BCUT2D eigenvalue weighted by atomic mass is 16.6. The molecular weight excluding hydrogens is 464 g/mol. The summed E-state index contributed by atoms with van der Waals surface area (Å²) in [5.74, 6) is -1.50.